The van der Waals surface area contributed by atoms with Crippen LogP contribution in [0.3, 0.4) is 0 Å². The Labute approximate surface area is 123 Å². The highest BCUT2D eigenvalue weighted by atomic mass is 35.5. The first-order valence-electron chi connectivity index (χ1n) is 7.13. The van der Waals surface area contributed by atoms with Crippen LogP contribution in [-0.4, -0.2) is 45.0 Å². The average Bonchev–Trinajstić information content (AvgIpc) is 2.91. The van der Waals surface area contributed by atoms with Crippen LogP contribution >= 0.6 is 11.6 Å². The summed E-state index contributed by atoms with van der Waals surface area (Å²) in [6, 6.07) is 1.08. The summed E-state index contributed by atoms with van der Waals surface area (Å²) in [5, 5.41) is 4.21. The molecule has 20 heavy (non-hydrogen) atoms. The number of aromatic nitrogens is 3. The van der Waals surface area contributed by atoms with Crippen LogP contribution in [0.4, 0.5) is 5.69 Å². The number of aromatic amines is 1. The molecule has 0 amide bonds. The van der Waals surface area contributed by atoms with Gasteiger partial charge < -0.3 is 15.2 Å². The molecule has 0 unspecified atom stereocenters. The molecule has 0 aliphatic carbocycles. The fourth-order valence-electron chi connectivity index (χ4n) is 2.78. The molecule has 3 rings (SSSR count). The molecule has 0 radical (unpaired) electrons. The standard InChI is InChI=1S/C14H20ClN5/c1-9(2)20-5-3-10(4-6-20)19-12-11(15)7-16-14-13(12)17-8-18-14/h7-10H,3-6H2,1-2H3,(H2,16,17,18,19). The molecule has 1 aliphatic heterocycles. The SMILES string of the molecule is CC(C)N1CCC(Nc2c(Cl)cnc3nc[nH]c23)CC1. The summed E-state index contributed by atoms with van der Waals surface area (Å²) in [7, 11) is 0. The molecular weight excluding hydrogens is 274 g/mol. The van der Waals surface area contributed by atoms with Crippen LogP contribution in [0, 0.1) is 0 Å². The highest BCUT2D eigenvalue weighted by Gasteiger charge is 2.22. The Morgan fingerprint density at radius 2 is 2.10 bits per heavy atom. The molecule has 2 aromatic heterocycles. The Bertz CT molecular complexity index is 586. The van der Waals surface area contributed by atoms with Gasteiger partial charge in [-0.15, -0.1) is 0 Å². The highest BCUT2D eigenvalue weighted by molar-refractivity contribution is 6.34. The van der Waals surface area contributed by atoms with Gasteiger partial charge in [0.1, 0.15) is 5.52 Å². The van der Waals surface area contributed by atoms with E-state index >= 15 is 0 Å². The zero-order valence-corrected chi connectivity index (χ0v) is 12.6. The van der Waals surface area contributed by atoms with Crippen molar-refractivity contribution in [2.45, 2.75) is 38.8 Å². The van der Waals surface area contributed by atoms with E-state index in [0.717, 1.165) is 37.1 Å². The molecule has 0 atom stereocenters. The second-order valence-electron chi connectivity index (χ2n) is 5.63. The zero-order valence-electron chi connectivity index (χ0n) is 11.9. The minimum absolute atomic E-state index is 0.455. The minimum Gasteiger partial charge on any atom is -0.379 e. The third-order valence-electron chi connectivity index (χ3n) is 4.02. The first-order valence-corrected chi connectivity index (χ1v) is 7.51. The molecule has 5 nitrogen and oxygen atoms in total. The number of rotatable bonds is 3. The molecule has 0 aromatic carbocycles. The number of likely N-dealkylation sites (tertiary alicyclic amines) is 1. The number of hydrogen-bond acceptors (Lipinski definition) is 4. The fraction of sp³-hybridized carbons (Fsp3) is 0.571. The van der Waals surface area contributed by atoms with Gasteiger partial charge in [0.25, 0.3) is 0 Å². The van der Waals surface area contributed by atoms with E-state index in [1.807, 2.05) is 0 Å². The number of H-pyrrole nitrogens is 1. The van der Waals surface area contributed by atoms with Crippen molar-refractivity contribution in [2.24, 2.45) is 0 Å². The Balaban J connectivity index is 1.74. The molecule has 2 aromatic rings. The van der Waals surface area contributed by atoms with E-state index in [1.165, 1.54) is 0 Å². The van der Waals surface area contributed by atoms with Crippen molar-refractivity contribution >= 4 is 28.5 Å². The van der Waals surface area contributed by atoms with E-state index in [2.05, 4.69) is 39.0 Å². The molecule has 0 saturated carbocycles. The number of nitrogens with zero attached hydrogens (tertiary/aromatic N) is 3. The van der Waals surface area contributed by atoms with Gasteiger partial charge in [0.2, 0.25) is 0 Å². The van der Waals surface area contributed by atoms with Crippen molar-refractivity contribution in [3.05, 3.63) is 17.5 Å². The molecule has 3 heterocycles. The molecule has 6 heteroatoms. The summed E-state index contributed by atoms with van der Waals surface area (Å²) in [5.41, 5.74) is 2.53. The van der Waals surface area contributed by atoms with E-state index < -0.39 is 0 Å². The van der Waals surface area contributed by atoms with Crippen LogP contribution in [0.2, 0.25) is 5.02 Å². The zero-order chi connectivity index (χ0) is 14.1. The van der Waals surface area contributed by atoms with Gasteiger partial charge in [0.15, 0.2) is 5.65 Å². The maximum Gasteiger partial charge on any atom is 0.179 e. The summed E-state index contributed by atoms with van der Waals surface area (Å²) in [4.78, 5) is 14.0. The summed E-state index contributed by atoms with van der Waals surface area (Å²) in [6.45, 7) is 6.76. The number of halogens is 1. The average molecular weight is 294 g/mol. The second-order valence-corrected chi connectivity index (χ2v) is 6.04. The lowest BCUT2D eigenvalue weighted by molar-refractivity contribution is 0.177. The van der Waals surface area contributed by atoms with Crippen LogP contribution in [0.15, 0.2) is 12.5 Å². The fourth-order valence-corrected chi connectivity index (χ4v) is 2.97. The third kappa shape index (κ3) is 2.60. The highest BCUT2D eigenvalue weighted by Crippen LogP contribution is 2.29. The van der Waals surface area contributed by atoms with Crippen molar-refractivity contribution in [3.8, 4) is 0 Å². The number of piperidine rings is 1. The van der Waals surface area contributed by atoms with Crippen molar-refractivity contribution in [2.75, 3.05) is 18.4 Å². The molecule has 108 valence electrons. The maximum absolute atomic E-state index is 6.28. The largest absolute Gasteiger partial charge is 0.379 e. The lowest BCUT2D eigenvalue weighted by Crippen LogP contribution is -2.42. The lowest BCUT2D eigenvalue weighted by Gasteiger charge is -2.35. The number of pyridine rings is 1. The number of imidazole rings is 1. The molecule has 0 bridgehead atoms. The van der Waals surface area contributed by atoms with E-state index in [9.17, 15) is 0 Å². The van der Waals surface area contributed by atoms with E-state index in [1.54, 1.807) is 12.5 Å². The van der Waals surface area contributed by atoms with Gasteiger partial charge in [-0.05, 0) is 26.7 Å². The van der Waals surface area contributed by atoms with Crippen LogP contribution < -0.4 is 5.32 Å². The number of fused-ring (bicyclic) bond motifs is 1. The van der Waals surface area contributed by atoms with E-state index in [-0.39, 0.29) is 0 Å². The Morgan fingerprint density at radius 3 is 2.80 bits per heavy atom. The summed E-state index contributed by atoms with van der Waals surface area (Å²) in [5.74, 6) is 0. The number of anilines is 1. The lowest BCUT2D eigenvalue weighted by atomic mass is 10.0. The van der Waals surface area contributed by atoms with Crippen molar-refractivity contribution in [3.63, 3.8) is 0 Å². The molecule has 2 N–H and O–H groups in total. The van der Waals surface area contributed by atoms with Gasteiger partial charge in [-0.3, -0.25) is 0 Å². The van der Waals surface area contributed by atoms with E-state index in [4.69, 9.17) is 11.6 Å². The number of hydrogen-bond donors (Lipinski definition) is 2. The monoisotopic (exact) mass is 293 g/mol. The van der Waals surface area contributed by atoms with Crippen LogP contribution in [-0.2, 0) is 0 Å². The van der Waals surface area contributed by atoms with Gasteiger partial charge in [-0.2, -0.15) is 0 Å². The van der Waals surface area contributed by atoms with Gasteiger partial charge in [-0.1, -0.05) is 11.6 Å². The first kappa shape index (κ1) is 13.6. The van der Waals surface area contributed by atoms with Crippen LogP contribution in [0.5, 0.6) is 0 Å². The van der Waals surface area contributed by atoms with Crippen LogP contribution in [0.1, 0.15) is 26.7 Å². The summed E-state index contributed by atoms with van der Waals surface area (Å²) < 4.78 is 0. The number of nitrogens with one attached hydrogen (secondary N) is 2. The predicted octanol–water partition coefficient (Wildman–Crippen LogP) is 2.90. The Morgan fingerprint density at radius 1 is 1.35 bits per heavy atom. The van der Waals surface area contributed by atoms with Crippen molar-refractivity contribution in [1.82, 2.24) is 19.9 Å². The molecule has 1 fully saturated rings. The van der Waals surface area contributed by atoms with Crippen LogP contribution in [0.25, 0.3) is 11.2 Å². The molecule has 1 saturated heterocycles. The second kappa shape index (κ2) is 5.58. The van der Waals surface area contributed by atoms with Gasteiger partial charge >= 0.3 is 0 Å². The first-order chi connectivity index (χ1) is 9.65. The quantitative estimate of drug-likeness (QED) is 0.913. The normalized spacial score (nSPS) is 18.0. The molecule has 1 aliphatic rings. The molecule has 0 spiro atoms. The van der Waals surface area contributed by atoms with E-state index in [0.29, 0.717) is 22.8 Å². The van der Waals surface area contributed by atoms with Gasteiger partial charge in [-0.25, -0.2) is 9.97 Å². The Hall–Kier alpha value is -1.33. The van der Waals surface area contributed by atoms with Gasteiger partial charge in [0.05, 0.1) is 23.2 Å². The maximum atomic E-state index is 6.28. The van der Waals surface area contributed by atoms with Crippen molar-refractivity contribution < 1.29 is 0 Å². The predicted molar refractivity (Wildman–Crippen MR) is 82.3 cm³/mol. The molecular formula is C14H20ClN5. The smallest absolute Gasteiger partial charge is 0.179 e. The topological polar surface area (TPSA) is 56.8 Å². The Kier molecular flexibility index (Phi) is 3.81. The minimum atomic E-state index is 0.455. The summed E-state index contributed by atoms with van der Waals surface area (Å²) in [6.07, 6.45) is 5.58. The third-order valence-corrected chi connectivity index (χ3v) is 4.30. The summed E-state index contributed by atoms with van der Waals surface area (Å²) >= 11 is 6.28. The van der Waals surface area contributed by atoms with Crippen molar-refractivity contribution in [1.29, 1.82) is 0 Å². The van der Waals surface area contributed by atoms with Gasteiger partial charge in [0, 0.05) is 25.2 Å².